The highest BCUT2D eigenvalue weighted by molar-refractivity contribution is 7.98. The number of nitrogen functional groups attached to an aromatic ring is 1. The van der Waals surface area contributed by atoms with Crippen LogP contribution >= 0.6 is 11.8 Å². The van der Waals surface area contributed by atoms with Crippen molar-refractivity contribution >= 4 is 28.9 Å². The molecule has 1 fully saturated rings. The van der Waals surface area contributed by atoms with E-state index in [4.69, 9.17) is 10.5 Å². The molecule has 3 rings (SSSR count). The first-order valence-electron chi connectivity index (χ1n) is 6.42. The fourth-order valence-electron chi connectivity index (χ4n) is 2.45. The number of aliphatic hydroxyl groups excluding tert-OH is 3. The average molecular weight is 329 g/mol. The molecule has 1 aliphatic heterocycles. The van der Waals surface area contributed by atoms with Gasteiger partial charge in [0.25, 0.3) is 5.56 Å². The third kappa shape index (κ3) is 2.18. The van der Waals surface area contributed by atoms with Crippen molar-refractivity contribution in [1.82, 2.24) is 19.5 Å². The van der Waals surface area contributed by atoms with Crippen molar-refractivity contribution in [3.8, 4) is 0 Å². The average Bonchev–Trinajstić information content (AvgIpc) is 2.98. The molecule has 0 unspecified atom stereocenters. The number of aliphatic hydroxyl groups is 3. The van der Waals surface area contributed by atoms with Crippen LogP contribution in [0.4, 0.5) is 5.95 Å². The summed E-state index contributed by atoms with van der Waals surface area (Å²) in [5.41, 5.74) is 5.23. The molecule has 0 saturated carbocycles. The van der Waals surface area contributed by atoms with Gasteiger partial charge in [0.05, 0.1) is 6.61 Å². The molecular formula is C11H15N5O5S. The van der Waals surface area contributed by atoms with E-state index in [0.717, 1.165) is 0 Å². The lowest BCUT2D eigenvalue weighted by molar-refractivity contribution is -0.0548. The minimum absolute atomic E-state index is 0.0521. The molecule has 1 saturated heterocycles. The van der Waals surface area contributed by atoms with Gasteiger partial charge in [-0.1, -0.05) is 11.8 Å². The Morgan fingerprint density at radius 2 is 2.14 bits per heavy atom. The minimum Gasteiger partial charge on any atom is -0.394 e. The highest BCUT2D eigenvalue weighted by atomic mass is 32.2. The second-order valence-electron chi connectivity index (χ2n) is 4.82. The first kappa shape index (κ1) is 15.2. The van der Waals surface area contributed by atoms with Gasteiger partial charge in [-0.15, -0.1) is 0 Å². The third-order valence-electron chi connectivity index (χ3n) is 3.49. The molecule has 2 aromatic heterocycles. The third-order valence-corrected chi connectivity index (χ3v) is 4.14. The Balaban J connectivity index is 2.20. The van der Waals surface area contributed by atoms with Crippen LogP contribution < -0.4 is 11.3 Å². The summed E-state index contributed by atoms with van der Waals surface area (Å²) in [4.78, 5) is 22.4. The Kier molecular flexibility index (Phi) is 3.82. The number of thioether (sulfide) groups is 1. The van der Waals surface area contributed by atoms with Gasteiger partial charge < -0.3 is 25.8 Å². The summed E-state index contributed by atoms with van der Waals surface area (Å²) in [5, 5.41) is 29.6. The van der Waals surface area contributed by atoms with E-state index in [1.54, 1.807) is 6.26 Å². The molecule has 10 nitrogen and oxygen atoms in total. The van der Waals surface area contributed by atoms with Crippen molar-refractivity contribution in [1.29, 1.82) is 0 Å². The summed E-state index contributed by atoms with van der Waals surface area (Å²) in [7, 11) is 0. The van der Waals surface area contributed by atoms with Crippen LogP contribution in [0.25, 0.3) is 11.2 Å². The minimum atomic E-state index is -1.30. The molecule has 0 spiro atoms. The molecule has 0 amide bonds. The summed E-state index contributed by atoms with van der Waals surface area (Å²) >= 11 is 1.22. The van der Waals surface area contributed by atoms with Crippen LogP contribution in [0.15, 0.2) is 9.95 Å². The lowest BCUT2D eigenvalue weighted by atomic mass is 10.1. The number of fused-ring (bicyclic) bond motifs is 1. The van der Waals surface area contributed by atoms with Crippen molar-refractivity contribution in [2.24, 2.45) is 0 Å². The lowest BCUT2D eigenvalue weighted by Crippen LogP contribution is -2.33. The number of aromatic amines is 1. The van der Waals surface area contributed by atoms with Crippen LogP contribution in [-0.2, 0) is 4.74 Å². The Hall–Kier alpha value is -1.66. The molecule has 0 aromatic carbocycles. The summed E-state index contributed by atoms with van der Waals surface area (Å²) in [6.07, 6.45) is -2.81. The number of hydrogen-bond donors (Lipinski definition) is 5. The fraction of sp³-hybridized carbons (Fsp3) is 0.545. The van der Waals surface area contributed by atoms with Crippen molar-refractivity contribution < 1.29 is 20.1 Å². The Morgan fingerprint density at radius 1 is 1.41 bits per heavy atom. The van der Waals surface area contributed by atoms with E-state index in [9.17, 15) is 20.1 Å². The Morgan fingerprint density at radius 3 is 2.73 bits per heavy atom. The van der Waals surface area contributed by atoms with Crippen molar-refractivity contribution in [3.63, 3.8) is 0 Å². The van der Waals surface area contributed by atoms with E-state index in [1.807, 2.05) is 0 Å². The van der Waals surface area contributed by atoms with Crippen molar-refractivity contribution in [3.05, 3.63) is 10.4 Å². The number of imidazole rings is 1. The number of nitrogens with zero attached hydrogens (tertiary/aromatic N) is 3. The lowest BCUT2D eigenvalue weighted by Gasteiger charge is -2.18. The van der Waals surface area contributed by atoms with Crippen LogP contribution in [0.2, 0.25) is 0 Å². The van der Waals surface area contributed by atoms with E-state index >= 15 is 0 Å². The van der Waals surface area contributed by atoms with E-state index in [0.29, 0.717) is 5.16 Å². The number of nitrogens with two attached hydrogens (primary N) is 1. The van der Waals surface area contributed by atoms with Gasteiger partial charge >= 0.3 is 0 Å². The Bertz CT molecular complexity index is 761. The van der Waals surface area contributed by atoms with E-state index in [1.165, 1.54) is 16.3 Å². The number of H-pyrrole nitrogens is 1. The molecular weight excluding hydrogens is 314 g/mol. The molecule has 2 aromatic rings. The molecule has 0 radical (unpaired) electrons. The van der Waals surface area contributed by atoms with Crippen LogP contribution in [0, 0.1) is 0 Å². The number of anilines is 1. The van der Waals surface area contributed by atoms with E-state index in [-0.39, 0.29) is 17.1 Å². The zero-order valence-corrected chi connectivity index (χ0v) is 12.3. The number of ether oxygens (including phenoxy) is 1. The summed E-state index contributed by atoms with van der Waals surface area (Å²) in [6, 6.07) is 0. The molecule has 22 heavy (non-hydrogen) atoms. The van der Waals surface area contributed by atoms with Crippen LogP contribution in [-0.4, -0.2) is 66.0 Å². The maximum absolute atomic E-state index is 11.9. The van der Waals surface area contributed by atoms with Crippen LogP contribution in [0.1, 0.15) is 6.23 Å². The molecule has 3 heterocycles. The summed E-state index contributed by atoms with van der Waals surface area (Å²) in [5.74, 6) is -0.0990. The number of nitrogens with one attached hydrogen (secondary N) is 1. The van der Waals surface area contributed by atoms with E-state index in [2.05, 4.69) is 15.0 Å². The first-order valence-corrected chi connectivity index (χ1v) is 7.64. The monoisotopic (exact) mass is 329 g/mol. The topological polar surface area (TPSA) is 160 Å². The highest BCUT2D eigenvalue weighted by Gasteiger charge is 2.45. The van der Waals surface area contributed by atoms with E-state index < -0.39 is 36.7 Å². The number of hydrogen-bond acceptors (Lipinski definition) is 9. The molecule has 11 heteroatoms. The standard InChI is InChI=1S/C11H15N5O5S/c1-22-11-13-4-7(14-10(12)15-8(4)20)16(11)9-6(19)5(18)3(2-17)21-9/h3,5-6,9,17-19H,2H2,1H3,(H3,12,14,15,20)/t3-,5+,6-,9-/m1/s1. The molecule has 120 valence electrons. The van der Waals surface area contributed by atoms with Crippen molar-refractivity contribution in [2.45, 2.75) is 29.7 Å². The highest BCUT2D eigenvalue weighted by Crippen LogP contribution is 2.34. The zero-order valence-electron chi connectivity index (χ0n) is 11.5. The molecule has 6 N–H and O–H groups in total. The van der Waals surface area contributed by atoms with Gasteiger partial charge in [-0.05, 0) is 6.26 Å². The van der Waals surface area contributed by atoms with Gasteiger partial charge in [0, 0.05) is 0 Å². The van der Waals surface area contributed by atoms with Gasteiger partial charge in [0.15, 0.2) is 22.5 Å². The summed E-state index contributed by atoms with van der Waals surface area (Å²) in [6.45, 7) is -0.452. The van der Waals surface area contributed by atoms with Gasteiger partial charge in [0.1, 0.15) is 18.3 Å². The van der Waals surface area contributed by atoms with Crippen LogP contribution in [0.3, 0.4) is 0 Å². The zero-order chi connectivity index (χ0) is 16.0. The van der Waals surface area contributed by atoms with Crippen LogP contribution in [0.5, 0.6) is 0 Å². The number of rotatable bonds is 3. The second kappa shape index (κ2) is 5.52. The van der Waals surface area contributed by atoms with Gasteiger partial charge in [-0.2, -0.15) is 4.98 Å². The van der Waals surface area contributed by atoms with Gasteiger partial charge in [-0.3, -0.25) is 14.3 Å². The Labute approximate surface area is 127 Å². The van der Waals surface area contributed by atoms with Gasteiger partial charge in [0.2, 0.25) is 5.95 Å². The fourth-order valence-corrected chi connectivity index (χ4v) is 3.02. The maximum atomic E-state index is 11.9. The van der Waals surface area contributed by atoms with Crippen molar-refractivity contribution in [2.75, 3.05) is 18.6 Å². The smallest absolute Gasteiger partial charge is 0.280 e. The molecule has 4 atom stereocenters. The first-order chi connectivity index (χ1) is 10.5. The SMILES string of the molecule is CSc1nc2c(=O)[nH]c(N)nc2n1[C@@H]1O[C@H](CO)[C@H](O)[C@H]1O. The second-order valence-corrected chi connectivity index (χ2v) is 5.59. The maximum Gasteiger partial charge on any atom is 0.280 e. The normalized spacial score (nSPS) is 28.5. The molecule has 0 aliphatic carbocycles. The van der Waals surface area contributed by atoms with Gasteiger partial charge in [-0.25, -0.2) is 4.98 Å². The molecule has 0 bridgehead atoms. The predicted octanol–water partition coefficient (Wildman–Crippen LogP) is -1.96. The quantitative estimate of drug-likeness (QED) is 0.403. The number of aromatic nitrogens is 4. The predicted molar refractivity (Wildman–Crippen MR) is 77.4 cm³/mol. The summed E-state index contributed by atoms with van der Waals surface area (Å²) < 4.78 is 6.87. The molecule has 1 aliphatic rings. The largest absolute Gasteiger partial charge is 0.394 e.